The summed E-state index contributed by atoms with van der Waals surface area (Å²) >= 11 is 0. The number of rotatable bonds is 5. The number of hydrogen-bond donors (Lipinski definition) is 2. The highest BCUT2D eigenvalue weighted by Crippen LogP contribution is 2.39. The Hall–Kier alpha value is -2.04. The molecule has 0 saturated heterocycles. The first-order valence-corrected chi connectivity index (χ1v) is 10.3. The van der Waals surface area contributed by atoms with Crippen molar-refractivity contribution in [2.45, 2.75) is 57.3 Å². The molecule has 0 bridgehead atoms. The lowest BCUT2D eigenvalue weighted by Gasteiger charge is -2.25. The number of aliphatic hydroxyl groups is 2. The molecule has 0 spiro atoms. The Morgan fingerprint density at radius 2 is 2.21 bits per heavy atom. The predicted octanol–water partition coefficient (Wildman–Crippen LogP) is 4.32. The number of allylic oxidation sites excluding steroid dienone is 3. The van der Waals surface area contributed by atoms with E-state index in [0.717, 1.165) is 42.8 Å². The van der Waals surface area contributed by atoms with Crippen LogP contribution in [-0.2, 0) is 4.74 Å². The zero-order valence-corrected chi connectivity index (χ0v) is 16.7. The van der Waals surface area contributed by atoms with Crippen molar-refractivity contribution in [1.82, 2.24) is 0 Å². The summed E-state index contributed by atoms with van der Waals surface area (Å²) < 4.78 is 11.7. The first-order valence-electron chi connectivity index (χ1n) is 10.3. The van der Waals surface area contributed by atoms with Gasteiger partial charge >= 0.3 is 0 Å². The van der Waals surface area contributed by atoms with Gasteiger partial charge in [0.1, 0.15) is 24.6 Å². The fraction of sp³-hybridized carbons (Fsp3) is 0.500. The Balaban J connectivity index is 1.60. The van der Waals surface area contributed by atoms with Crippen LogP contribution in [0.2, 0.25) is 0 Å². The molecule has 152 valence electrons. The normalized spacial score (nSPS) is 30.5. The Bertz CT molecular complexity index is 708. The minimum atomic E-state index is -0.724. The molecule has 1 fully saturated rings. The van der Waals surface area contributed by atoms with Crippen LogP contribution in [0.4, 0.5) is 0 Å². The zero-order chi connectivity index (χ0) is 19.9. The van der Waals surface area contributed by atoms with Crippen LogP contribution >= 0.6 is 0 Å². The van der Waals surface area contributed by atoms with E-state index in [-0.39, 0.29) is 24.5 Å². The summed E-state index contributed by atoms with van der Waals surface area (Å²) in [5, 5.41) is 20.9. The first-order chi connectivity index (χ1) is 13.5. The minimum absolute atomic E-state index is 0.0272. The average Bonchev–Trinajstić information content (AvgIpc) is 2.95. The largest absolute Gasteiger partial charge is 0.495 e. The molecule has 1 aliphatic heterocycles. The number of aryl methyl sites for hydroxylation is 1. The standard InChI is InChI=1S/C24H32O4/c1-17-8-7-10-20(14-17)27-16-19(25)12-13-21-22-11-6-4-3-5-9-18(2)28-24(22)15-23(21)26/h4,6-8,10,12-14,19,21-26H,2-3,5,9,11,15-16H2,1H3/b6-4-,13-12+/t19-,21-,22-,23-,24+/m1/s1. The van der Waals surface area contributed by atoms with Crippen molar-refractivity contribution < 1.29 is 19.7 Å². The molecule has 2 N–H and O–H groups in total. The summed E-state index contributed by atoms with van der Waals surface area (Å²) in [6, 6.07) is 7.76. The van der Waals surface area contributed by atoms with Crippen molar-refractivity contribution in [2.24, 2.45) is 11.8 Å². The highest BCUT2D eigenvalue weighted by atomic mass is 16.5. The molecule has 5 atom stereocenters. The van der Waals surface area contributed by atoms with Crippen molar-refractivity contribution >= 4 is 0 Å². The second kappa shape index (κ2) is 9.94. The van der Waals surface area contributed by atoms with Crippen molar-refractivity contribution in [3.05, 3.63) is 66.5 Å². The third-order valence-electron chi connectivity index (χ3n) is 5.58. The maximum absolute atomic E-state index is 10.6. The Morgan fingerprint density at radius 3 is 3.04 bits per heavy atom. The SMILES string of the molecule is C=C1CCC/C=C\C[C@@H]2[C@@H](/C=C/[C@@H](O)COc3cccc(C)c3)[C@H](O)C[C@@H]2O1. The van der Waals surface area contributed by atoms with E-state index < -0.39 is 12.2 Å². The highest BCUT2D eigenvalue weighted by molar-refractivity contribution is 5.27. The van der Waals surface area contributed by atoms with E-state index in [1.165, 1.54) is 0 Å². The summed E-state index contributed by atoms with van der Waals surface area (Å²) in [4.78, 5) is 0. The lowest BCUT2D eigenvalue weighted by atomic mass is 9.89. The van der Waals surface area contributed by atoms with Gasteiger partial charge in [0.05, 0.1) is 11.9 Å². The van der Waals surface area contributed by atoms with Crippen molar-refractivity contribution in [2.75, 3.05) is 6.61 Å². The van der Waals surface area contributed by atoms with E-state index in [1.54, 1.807) is 6.08 Å². The van der Waals surface area contributed by atoms with Crippen molar-refractivity contribution in [3.63, 3.8) is 0 Å². The van der Waals surface area contributed by atoms with Gasteiger partial charge in [0.15, 0.2) is 0 Å². The molecular weight excluding hydrogens is 352 g/mol. The van der Waals surface area contributed by atoms with Gasteiger partial charge in [-0.25, -0.2) is 0 Å². The fourth-order valence-corrected chi connectivity index (χ4v) is 4.08. The molecule has 1 heterocycles. The van der Waals surface area contributed by atoms with E-state index in [1.807, 2.05) is 37.3 Å². The van der Waals surface area contributed by atoms with E-state index in [2.05, 4.69) is 18.7 Å². The van der Waals surface area contributed by atoms with Crippen LogP contribution in [0.5, 0.6) is 5.75 Å². The van der Waals surface area contributed by atoms with Gasteiger partial charge in [-0.3, -0.25) is 0 Å². The van der Waals surface area contributed by atoms with E-state index in [4.69, 9.17) is 9.47 Å². The molecule has 2 aliphatic rings. The molecule has 0 unspecified atom stereocenters. The number of benzene rings is 1. The van der Waals surface area contributed by atoms with Gasteiger partial charge in [-0.15, -0.1) is 0 Å². The molecule has 1 aromatic rings. The molecule has 0 amide bonds. The minimum Gasteiger partial charge on any atom is -0.495 e. The van der Waals surface area contributed by atoms with Crippen LogP contribution in [0.25, 0.3) is 0 Å². The smallest absolute Gasteiger partial charge is 0.119 e. The van der Waals surface area contributed by atoms with Crippen LogP contribution in [0, 0.1) is 18.8 Å². The van der Waals surface area contributed by atoms with Gasteiger partial charge in [-0.2, -0.15) is 0 Å². The lowest BCUT2D eigenvalue weighted by Crippen LogP contribution is -2.23. The van der Waals surface area contributed by atoms with Crippen LogP contribution in [-0.4, -0.2) is 35.1 Å². The first kappa shape index (κ1) is 20.7. The molecule has 28 heavy (non-hydrogen) atoms. The third-order valence-corrected chi connectivity index (χ3v) is 5.58. The maximum Gasteiger partial charge on any atom is 0.119 e. The van der Waals surface area contributed by atoms with Crippen molar-refractivity contribution in [3.8, 4) is 5.75 Å². The van der Waals surface area contributed by atoms with Gasteiger partial charge in [0.2, 0.25) is 0 Å². The van der Waals surface area contributed by atoms with Crippen LogP contribution in [0.3, 0.4) is 0 Å². The molecule has 0 aromatic heterocycles. The second-order valence-corrected chi connectivity index (χ2v) is 7.92. The molecule has 4 heteroatoms. The van der Waals surface area contributed by atoms with Gasteiger partial charge in [-0.1, -0.05) is 43.0 Å². The van der Waals surface area contributed by atoms with Gasteiger partial charge in [0.25, 0.3) is 0 Å². The summed E-state index contributed by atoms with van der Waals surface area (Å²) in [5.41, 5.74) is 1.12. The number of hydrogen-bond acceptors (Lipinski definition) is 4. The highest BCUT2D eigenvalue weighted by Gasteiger charge is 2.42. The lowest BCUT2D eigenvalue weighted by molar-refractivity contribution is 0.0698. The number of ether oxygens (including phenoxy) is 2. The summed E-state index contributed by atoms with van der Waals surface area (Å²) in [5.74, 6) is 1.70. The van der Waals surface area contributed by atoms with Crippen LogP contribution < -0.4 is 4.74 Å². The van der Waals surface area contributed by atoms with Crippen LogP contribution in [0.1, 0.15) is 37.7 Å². The predicted molar refractivity (Wildman–Crippen MR) is 111 cm³/mol. The molecule has 4 nitrogen and oxygen atoms in total. The second-order valence-electron chi connectivity index (χ2n) is 7.92. The Kier molecular flexibility index (Phi) is 7.35. The monoisotopic (exact) mass is 384 g/mol. The molecular formula is C24H32O4. The zero-order valence-electron chi connectivity index (χ0n) is 16.7. The molecule has 1 aromatic carbocycles. The molecule has 0 radical (unpaired) electrons. The summed E-state index contributed by atoms with van der Waals surface area (Å²) in [6.07, 6.45) is 11.3. The summed E-state index contributed by atoms with van der Waals surface area (Å²) in [6.45, 7) is 6.22. The van der Waals surface area contributed by atoms with E-state index in [0.29, 0.717) is 6.42 Å². The Morgan fingerprint density at radius 1 is 1.36 bits per heavy atom. The van der Waals surface area contributed by atoms with Crippen molar-refractivity contribution in [1.29, 1.82) is 0 Å². The molecule has 1 aliphatic carbocycles. The van der Waals surface area contributed by atoms with Gasteiger partial charge in [-0.05, 0) is 43.9 Å². The van der Waals surface area contributed by atoms with Gasteiger partial charge in [0, 0.05) is 24.7 Å². The van der Waals surface area contributed by atoms with E-state index >= 15 is 0 Å². The van der Waals surface area contributed by atoms with E-state index in [9.17, 15) is 10.2 Å². The number of aliphatic hydroxyl groups excluding tert-OH is 2. The third kappa shape index (κ3) is 5.73. The quantitative estimate of drug-likeness (QED) is 0.743. The number of fused-ring (bicyclic) bond motifs is 1. The molecule has 3 rings (SSSR count). The topological polar surface area (TPSA) is 58.9 Å². The van der Waals surface area contributed by atoms with Crippen LogP contribution in [0.15, 0.2) is 60.9 Å². The van der Waals surface area contributed by atoms with Gasteiger partial charge < -0.3 is 19.7 Å². The molecule has 1 saturated carbocycles. The maximum atomic E-state index is 10.6. The Labute approximate surface area is 168 Å². The average molecular weight is 385 g/mol. The fourth-order valence-electron chi connectivity index (χ4n) is 4.08. The summed E-state index contributed by atoms with van der Waals surface area (Å²) in [7, 11) is 0.